The first-order valence-electron chi connectivity index (χ1n) is 4.40. The van der Waals surface area contributed by atoms with E-state index in [4.69, 9.17) is 10.5 Å². The van der Waals surface area contributed by atoms with Crippen LogP contribution in [0, 0.1) is 0 Å². The number of aliphatic hydroxyl groups is 3. The quantitative estimate of drug-likeness (QED) is 0.420. The second-order valence-electron chi connectivity index (χ2n) is 3.66. The van der Waals surface area contributed by atoms with Gasteiger partial charge >= 0.3 is 0 Å². The average molecular weight is 205 g/mol. The zero-order valence-electron chi connectivity index (χ0n) is 7.88. The second-order valence-corrected chi connectivity index (χ2v) is 3.66. The summed E-state index contributed by atoms with van der Waals surface area (Å²) in [5, 5.41) is 28.5. The first-order chi connectivity index (χ1) is 6.35. The van der Waals surface area contributed by atoms with Crippen molar-refractivity contribution in [1.82, 2.24) is 0 Å². The van der Waals surface area contributed by atoms with Crippen LogP contribution in [0.4, 0.5) is 0 Å². The molecule has 82 valence electrons. The summed E-state index contributed by atoms with van der Waals surface area (Å²) in [6.07, 6.45) is -3.37. The molecule has 5 N–H and O–H groups in total. The Morgan fingerprint density at radius 3 is 2.71 bits per heavy atom. The van der Waals surface area contributed by atoms with Gasteiger partial charge in [0.05, 0.1) is 18.6 Å². The van der Waals surface area contributed by atoms with E-state index in [-0.39, 0.29) is 6.42 Å². The SMILES string of the molecule is C[C@@H]1C[C@H](O)[C@@H](O)[C@@](O)(CC(N)=O)O1. The summed E-state index contributed by atoms with van der Waals surface area (Å²) in [6, 6.07) is 0. The van der Waals surface area contributed by atoms with Crippen molar-refractivity contribution in [3.05, 3.63) is 0 Å². The van der Waals surface area contributed by atoms with Crippen LogP contribution in [0.1, 0.15) is 19.8 Å². The number of hydrogen-bond donors (Lipinski definition) is 4. The first kappa shape index (κ1) is 11.4. The lowest BCUT2D eigenvalue weighted by Gasteiger charge is -2.41. The Morgan fingerprint density at radius 2 is 2.21 bits per heavy atom. The van der Waals surface area contributed by atoms with E-state index in [0.717, 1.165) is 0 Å². The van der Waals surface area contributed by atoms with E-state index in [1.165, 1.54) is 0 Å². The normalized spacial score (nSPS) is 43.6. The van der Waals surface area contributed by atoms with Crippen LogP contribution in [0.15, 0.2) is 0 Å². The molecule has 0 bridgehead atoms. The molecule has 0 unspecified atom stereocenters. The van der Waals surface area contributed by atoms with Gasteiger partial charge in [0.2, 0.25) is 11.7 Å². The van der Waals surface area contributed by atoms with Crippen molar-refractivity contribution in [3.63, 3.8) is 0 Å². The Morgan fingerprint density at radius 1 is 1.64 bits per heavy atom. The van der Waals surface area contributed by atoms with Crippen molar-refractivity contribution in [3.8, 4) is 0 Å². The van der Waals surface area contributed by atoms with E-state index in [9.17, 15) is 20.1 Å². The largest absolute Gasteiger partial charge is 0.390 e. The second kappa shape index (κ2) is 3.82. The van der Waals surface area contributed by atoms with Gasteiger partial charge in [-0.3, -0.25) is 4.79 Å². The third-order valence-corrected chi connectivity index (χ3v) is 2.23. The molecule has 1 aliphatic rings. The van der Waals surface area contributed by atoms with Crippen LogP contribution in [0.25, 0.3) is 0 Å². The van der Waals surface area contributed by atoms with Gasteiger partial charge in [-0.15, -0.1) is 0 Å². The minimum Gasteiger partial charge on any atom is -0.390 e. The van der Waals surface area contributed by atoms with Crippen molar-refractivity contribution < 1.29 is 24.9 Å². The third-order valence-electron chi connectivity index (χ3n) is 2.23. The van der Waals surface area contributed by atoms with Crippen LogP contribution in [-0.4, -0.2) is 45.3 Å². The van der Waals surface area contributed by atoms with Crippen molar-refractivity contribution in [2.24, 2.45) is 5.73 Å². The molecule has 1 amide bonds. The summed E-state index contributed by atoms with van der Waals surface area (Å²) in [5.74, 6) is -2.86. The van der Waals surface area contributed by atoms with Gasteiger partial charge in [-0.25, -0.2) is 0 Å². The van der Waals surface area contributed by atoms with E-state index in [2.05, 4.69) is 0 Å². The molecule has 0 spiro atoms. The van der Waals surface area contributed by atoms with Gasteiger partial charge in [0, 0.05) is 6.42 Å². The van der Waals surface area contributed by atoms with Crippen LogP contribution in [0.5, 0.6) is 0 Å². The fraction of sp³-hybridized carbons (Fsp3) is 0.875. The maximum Gasteiger partial charge on any atom is 0.222 e. The number of ether oxygens (including phenoxy) is 1. The van der Waals surface area contributed by atoms with Crippen LogP contribution in [0.2, 0.25) is 0 Å². The summed E-state index contributed by atoms with van der Waals surface area (Å²) in [6.45, 7) is 1.63. The Kier molecular flexibility index (Phi) is 3.10. The van der Waals surface area contributed by atoms with Crippen molar-refractivity contribution >= 4 is 5.91 Å². The number of carbonyl (C=O) groups excluding carboxylic acids is 1. The summed E-state index contributed by atoms with van der Waals surface area (Å²) in [4.78, 5) is 10.6. The van der Waals surface area contributed by atoms with E-state index >= 15 is 0 Å². The van der Waals surface area contributed by atoms with E-state index in [1.54, 1.807) is 6.92 Å². The molecule has 0 saturated carbocycles. The Labute approximate surface area is 81.3 Å². The van der Waals surface area contributed by atoms with Gasteiger partial charge < -0.3 is 25.8 Å². The van der Waals surface area contributed by atoms with Gasteiger partial charge in [-0.2, -0.15) is 0 Å². The lowest BCUT2D eigenvalue weighted by molar-refractivity contribution is -0.317. The lowest BCUT2D eigenvalue weighted by atomic mass is 9.93. The number of aliphatic hydroxyl groups excluding tert-OH is 2. The van der Waals surface area contributed by atoms with Crippen LogP contribution in [0.3, 0.4) is 0 Å². The minimum atomic E-state index is -2.07. The fourth-order valence-electron chi connectivity index (χ4n) is 1.63. The molecule has 1 saturated heterocycles. The molecule has 1 aliphatic heterocycles. The van der Waals surface area contributed by atoms with Crippen LogP contribution >= 0.6 is 0 Å². The van der Waals surface area contributed by atoms with Gasteiger partial charge in [0.25, 0.3) is 0 Å². The van der Waals surface area contributed by atoms with Gasteiger partial charge in [-0.05, 0) is 6.92 Å². The van der Waals surface area contributed by atoms with Gasteiger partial charge in [0.15, 0.2) is 0 Å². The van der Waals surface area contributed by atoms with E-state index in [0.29, 0.717) is 0 Å². The van der Waals surface area contributed by atoms with Crippen LogP contribution in [-0.2, 0) is 9.53 Å². The zero-order valence-corrected chi connectivity index (χ0v) is 7.88. The van der Waals surface area contributed by atoms with Crippen molar-refractivity contribution in [2.75, 3.05) is 0 Å². The number of amides is 1. The first-order valence-corrected chi connectivity index (χ1v) is 4.40. The highest BCUT2D eigenvalue weighted by atomic mass is 16.6. The molecule has 4 atom stereocenters. The zero-order chi connectivity index (χ0) is 10.9. The Hall–Kier alpha value is -0.690. The molecule has 1 heterocycles. The molecule has 1 fully saturated rings. The summed E-state index contributed by atoms with van der Waals surface area (Å²) in [7, 11) is 0. The molecule has 6 heteroatoms. The van der Waals surface area contributed by atoms with E-state index in [1.807, 2.05) is 0 Å². The van der Waals surface area contributed by atoms with Crippen LogP contribution < -0.4 is 5.73 Å². The monoisotopic (exact) mass is 205 g/mol. The maximum absolute atomic E-state index is 10.6. The molecule has 0 radical (unpaired) electrons. The Bertz CT molecular complexity index is 234. The van der Waals surface area contributed by atoms with Gasteiger partial charge in [0.1, 0.15) is 6.10 Å². The molecule has 0 aromatic rings. The fourth-order valence-corrected chi connectivity index (χ4v) is 1.63. The number of rotatable bonds is 2. The third kappa shape index (κ3) is 2.21. The van der Waals surface area contributed by atoms with Crippen molar-refractivity contribution in [1.29, 1.82) is 0 Å². The molecule has 0 aliphatic carbocycles. The summed E-state index contributed by atoms with van der Waals surface area (Å²) >= 11 is 0. The predicted molar refractivity (Wildman–Crippen MR) is 45.9 cm³/mol. The predicted octanol–water partition coefficient (Wildman–Crippen LogP) is -1.92. The lowest BCUT2D eigenvalue weighted by Crippen LogP contribution is -2.58. The van der Waals surface area contributed by atoms with Gasteiger partial charge in [-0.1, -0.05) is 0 Å². The topological polar surface area (TPSA) is 113 Å². The standard InChI is InChI=1S/C8H15NO5/c1-4-2-5(10)7(12)8(13,14-4)3-6(9)11/h4-5,7,10,12-13H,2-3H2,1H3,(H2,9,11)/t4-,5+,7-,8-/m1/s1. The van der Waals surface area contributed by atoms with E-state index < -0.39 is 36.4 Å². The molecular weight excluding hydrogens is 190 g/mol. The summed E-state index contributed by atoms with van der Waals surface area (Å²) < 4.78 is 5.01. The Balaban J connectivity index is 2.77. The molecule has 1 rings (SSSR count). The highest BCUT2D eigenvalue weighted by molar-refractivity contribution is 5.74. The molecule has 14 heavy (non-hydrogen) atoms. The minimum absolute atomic E-state index is 0.211. The highest BCUT2D eigenvalue weighted by Crippen LogP contribution is 2.29. The summed E-state index contributed by atoms with van der Waals surface area (Å²) in [5.41, 5.74) is 4.89. The molecule has 0 aromatic heterocycles. The average Bonchev–Trinajstić information content (AvgIpc) is 1.98. The maximum atomic E-state index is 10.6. The smallest absolute Gasteiger partial charge is 0.222 e. The highest BCUT2D eigenvalue weighted by Gasteiger charge is 2.47. The molecular formula is C8H15NO5. The number of nitrogens with two attached hydrogens (primary N) is 1. The molecule has 6 nitrogen and oxygen atoms in total. The van der Waals surface area contributed by atoms with Crippen molar-refractivity contribution in [2.45, 2.75) is 43.9 Å². The number of carbonyl (C=O) groups is 1. The number of primary amides is 1. The number of hydrogen-bond acceptors (Lipinski definition) is 5. The molecule has 0 aromatic carbocycles.